The van der Waals surface area contributed by atoms with E-state index in [1.54, 1.807) is 24.5 Å². The Kier molecular flexibility index (Phi) is 6.76. The van der Waals surface area contributed by atoms with E-state index in [0.717, 1.165) is 13.1 Å². The number of carbonyl (C=O) groups is 2. The molecule has 0 saturated carbocycles. The highest BCUT2D eigenvalue weighted by molar-refractivity contribution is 6.46. The third kappa shape index (κ3) is 4.46. The summed E-state index contributed by atoms with van der Waals surface area (Å²) in [6.45, 7) is 6.56. The fraction of sp³-hybridized carbons (Fsp3) is 0.318. The standard InChI is InChI=1S/C22H24N4O5/c1-3-24(4-2)13-14-25-19(15-9-11-23-12-10-15)18(21(28)22(25)29)20(27)16-5-7-17(8-6-16)26(30)31/h5-12,19,27H,3-4,13-14H2,1-2H3/b20-18-. The van der Waals surface area contributed by atoms with Crippen LogP contribution >= 0.6 is 0 Å². The molecule has 1 saturated heterocycles. The molecular formula is C22H24N4O5. The van der Waals surface area contributed by atoms with Crippen LogP contribution in [0.4, 0.5) is 5.69 Å². The number of hydrogen-bond acceptors (Lipinski definition) is 7. The molecule has 0 spiro atoms. The van der Waals surface area contributed by atoms with Crippen molar-refractivity contribution < 1.29 is 19.6 Å². The van der Waals surface area contributed by atoms with Crippen molar-refractivity contribution in [1.29, 1.82) is 0 Å². The lowest BCUT2D eigenvalue weighted by Gasteiger charge is -2.28. The summed E-state index contributed by atoms with van der Waals surface area (Å²) in [6, 6.07) is 7.84. The van der Waals surface area contributed by atoms with E-state index in [2.05, 4.69) is 9.88 Å². The number of non-ortho nitro benzene ring substituents is 1. The number of nitro benzene ring substituents is 1. The van der Waals surface area contributed by atoms with Crippen LogP contribution in [0.3, 0.4) is 0 Å². The number of carbonyl (C=O) groups excluding carboxylic acids is 2. The lowest BCUT2D eigenvalue weighted by atomic mass is 9.96. The van der Waals surface area contributed by atoms with Gasteiger partial charge in [-0.1, -0.05) is 13.8 Å². The number of rotatable bonds is 8. The van der Waals surface area contributed by atoms with Gasteiger partial charge in [-0.05, 0) is 42.9 Å². The van der Waals surface area contributed by atoms with Gasteiger partial charge in [0.15, 0.2) is 0 Å². The number of nitrogens with zero attached hydrogens (tertiary/aromatic N) is 4. The summed E-state index contributed by atoms with van der Waals surface area (Å²) in [7, 11) is 0. The highest BCUT2D eigenvalue weighted by Gasteiger charge is 2.45. The van der Waals surface area contributed by atoms with E-state index in [4.69, 9.17) is 0 Å². The number of pyridine rings is 1. The predicted molar refractivity (Wildman–Crippen MR) is 114 cm³/mol. The molecule has 9 nitrogen and oxygen atoms in total. The minimum Gasteiger partial charge on any atom is -0.507 e. The topological polar surface area (TPSA) is 117 Å². The van der Waals surface area contributed by atoms with Crippen LogP contribution in [0.25, 0.3) is 5.76 Å². The highest BCUT2D eigenvalue weighted by Crippen LogP contribution is 2.39. The first kappa shape index (κ1) is 22.1. The number of nitro groups is 1. The molecule has 1 aromatic carbocycles. The molecule has 2 heterocycles. The molecular weight excluding hydrogens is 400 g/mol. The molecule has 1 aromatic heterocycles. The molecule has 0 bridgehead atoms. The van der Waals surface area contributed by atoms with Crippen LogP contribution in [-0.4, -0.2) is 62.7 Å². The van der Waals surface area contributed by atoms with Crippen LogP contribution in [0.15, 0.2) is 54.4 Å². The van der Waals surface area contributed by atoms with E-state index < -0.39 is 22.7 Å². The van der Waals surface area contributed by atoms with Gasteiger partial charge in [0.05, 0.1) is 16.5 Å². The average molecular weight is 424 g/mol. The fourth-order valence-electron chi connectivity index (χ4n) is 3.69. The number of Topliss-reactive ketones (excluding diaryl/α,β-unsaturated/α-hetero) is 1. The number of aliphatic hydroxyl groups excluding tert-OH is 1. The Labute approximate surface area is 179 Å². The van der Waals surface area contributed by atoms with E-state index >= 15 is 0 Å². The van der Waals surface area contributed by atoms with E-state index in [9.17, 15) is 24.8 Å². The quantitative estimate of drug-likeness (QED) is 0.228. The second-order valence-electron chi connectivity index (χ2n) is 7.10. The minimum atomic E-state index is -0.780. The SMILES string of the molecule is CCN(CC)CCN1C(=O)C(=O)/C(=C(\O)c2ccc([N+](=O)[O-])cc2)C1c1ccncc1. The number of amides is 1. The Balaban J connectivity index is 2.06. The number of ketones is 1. The van der Waals surface area contributed by atoms with Gasteiger partial charge in [-0.25, -0.2) is 0 Å². The van der Waals surface area contributed by atoms with Gasteiger partial charge in [-0.15, -0.1) is 0 Å². The second kappa shape index (κ2) is 9.48. The maximum atomic E-state index is 12.9. The van der Waals surface area contributed by atoms with Gasteiger partial charge in [0.25, 0.3) is 17.4 Å². The summed E-state index contributed by atoms with van der Waals surface area (Å²) in [4.78, 5) is 43.8. The molecule has 9 heteroatoms. The second-order valence-corrected chi connectivity index (χ2v) is 7.10. The van der Waals surface area contributed by atoms with Gasteiger partial charge >= 0.3 is 0 Å². The van der Waals surface area contributed by atoms with Crippen molar-refractivity contribution in [2.45, 2.75) is 19.9 Å². The van der Waals surface area contributed by atoms with Crippen LogP contribution < -0.4 is 0 Å². The third-order valence-corrected chi connectivity index (χ3v) is 5.46. The van der Waals surface area contributed by atoms with Crippen molar-refractivity contribution in [3.8, 4) is 0 Å². The van der Waals surface area contributed by atoms with Crippen molar-refractivity contribution in [3.63, 3.8) is 0 Å². The Morgan fingerprint density at radius 1 is 1.13 bits per heavy atom. The molecule has 1 N–H and O–H groups in total. The van der Waals surface area contributed by atoms with Gasteiger partial charge in [0, 0.05) is 43.2 Å². The molecule has 162 valence electrons. The van der Waals surface area contributed by atoms with Crippen molar-refractivity contribution >= 4 is 23.1 Å². The summed E-state index contributed by atoms with van der Waals surface area (Å²) in [5.41, 5.74) is 0.704. The molecule has 0 radical (unpaired) electrons. The zero-order chi connectivity index (χ0) is 22.5. The zero-order valence-electron chi connectivity index (χ0n) is 17.4. The number of benzene rings is 1. The van der Waals surface area contributed by atoms with Gasteiger partial charge in [-0.2, -0.15) is 0 Å². The first-order valence-electron chi connectivity index (χ1n) is 10.0. The van der Waals surface area contributed by atoms with Crippen molar-refractivity contribution in [3.05, 3.63) is 75.6 Å². The normalized spacial score (nSPS) is 18.0. The summed E-state index contributed by atoms with van der Waals surface area (Å²) >= 11 is 0. The van der Waals surface area contributed by atoms with E-state index in [-0.39, 0.29) is 22.6 Å². The predicted octanol–water partition coefficient (Wildman–Crippen LogP) is 2.75. The van der Waals surface area contributed by atoms with Gasteiger partial charge in [-0.3, -0.25) is 24.7 Å². The summed E-state index contributed by atoms with van der Waals surface area (Å²) in [5, 5.41) is 21.8. The molecule has 3 rings (SSSR count). The van der Waals surface area contributed by atoms with E-state index in [1.807, 2.05) is 13.8 Å². The largest absolute Gasteiger partial charge is 0.507 e. The molecule has 0 aliphatic carbocycles. The maximum Gasteiger partial charge on any atom is 0.295 e. The Hall–Kier alpha value is -3.59. The monoisotopic (exact) mass is 424 g/mol. The summed E-state index contributed by atoms with van der Waals surface area (Å²) in [6.07, 6.45) is 3.12. The molecule has 2 aromatic rings. The Morgan fingerprint density at radius 3 is 2.29 bits per heavy atom. The minimum absolute atomic E-state index is 0.0374. The lowest BCUT2D eigenvalue weighted by Crippen LogP contribution is -2.38. The van der Waals surface area contributed by atoms with Crippen LogP contribution in [0, 0.1) is 10.1 Å². The molecule has 1 aliphatic heterocycles. The molecule has 31 heavy (non-hydrogen) atoms. The Morgan fingerprint density at radius 2 is 1.74 bits per heavy atom. The molecule has 1 fully saturated rings. The van der Waals surface area contributed by atoms with Crippen molar-refractivity contribution in [2.24, 2.45) is 0 Å². The van der Waals surface area contributed by atoms with E-state index in [0.29, 0.717) is 18.7 Å². The van der Waals surface area contributed by atoms with Crippen LogP contribution in [-0.2, 0) is 9.59 Å². The summed E-state index contributed by atoms with van der Waals surface area (Å²) in [5.74, 6) is -1.82. The first-order chi connectivity index (χ1) is 14.9. The smallest absolute Gasteiger partial charge is 0.295 e. The summed E-state index contributed by atoms with van der Waals surface area (Å²) < 4.78 is 0. The molecule has 1 unspecified atom stereocenters. The van der Waals surface area contributed by atoms with Crippen molar-refractivity contribution in [2.75, 3.05) is 26.2 Å². The number of hydrogen-bond donors (Lipinski definition) is 1. The molecule has 1 aliphatic rings. The van der Waals surface area contributed by atoms with E-state index in [1.165, 1.54) is 29.2 Å². The lowest BCUT2D eigenvalue weighted by molar-refractivity contribution is -0.384. The van der Waals surface area contributed by atoms with Crippen LogP contribution in [0.2, 0.25) is 0 Å². The van der Waals surface area contributed by atoms with Gasteiger partial charge < -0.3 is 14.9 Å². The molecule has 1 amide bonds. The third-order valence-electron chi connectivity index (χ3n) is 5.46. The van der Waals surface area contributed by atoms with Crippen LogP contribution in [0.5, 0.6) is 0 Å². The number of aromatic nitrogens is 1. The fourth-order valence-corrected chi connectivity index (χ4v) is 3.69. The average Bonchev–Trinajstić information content (AvgIpc) is 3.05. The maximum absolute atomic E-state index is 12.9. The number of aliphatic hydroxyl groups is 1. The van der Waals surface area contributed by atoms with Gasteiger partial charge in [0.2, 0.25) is 0 Å². The zero-order valence-corrected chi connectivity index (χ0v) is 17.4. The highest BCUT2D eigenvalue weighted by atomic mass is 16.6. The number of likely N-dealkylation sites (tertiary alicyclic amines) is 1. The van der Waals surface area contributed by atoms with Crippen LogP contribution in [0.1, 0.15) is 31.0 Å². The first-order valence-corrected chi connectivity index (χ1v) is 10.0. The van der Waals surface area contributed by atoms with Crippen molar-refractivity contribution in [1.82, 2.24) is 14.8 Å². The Bertz CT molecular complexity index is 1000. The van der Waals surface area contributed by atoms with Gasteiger partial charge in [0.1, 0.15) is 5.76 Å². The number of likely N-dealkylation sites (N-methyl/N-ethyl adjacent to an activating group) is 1. The molecule has 1 atom stereocenters.